The number of rotatable bonds is 10. The molecule has 26 heavy (non-hydrogen) atoms. The molecular formula is C20H33Cl2NO2Si. The Balaban J connectivity index is 2.50. The zero-order chi connectivity index (χ0) is 19.8. The average molecular weight is 418 g/mol. The quantitative estimate of drug-likeness (QED) is 0.353. The van der Waals surface area contributed by atoms with Gasteiger partial charge in [-0.2, -0.15) is 0 Å². The van der Waals surface area contributed by atoms with Crippen molar-refractivity contribution in [1.29, 1.82) is 0 Å². The fourth-order valence-corrected chi connectivity index (χ4v) is 3.76. The SMILES string of the molecule is CC(C)(C)[Si](C)(C)OC(=O)CCCc1ccc(N(CCCl)CCCl)cc1. The first-order valence-corrected chi connectivity index (χ1v) is 13.3. The molecule has 0 atom stereocenters. The summed E-state index contributed by atoms with van der Waals surface area (Å²) in [5.41, 5.74) is 2.36. The molecule has 0 N–H and O–H groups in total. The van der Waals surface area contributed by atoms with Gasteiger partial charge in [0.1, 0.15) is 0 Å². The van der Waals surface area contributed by atoms with Crippen LogP contribution in [0.4, 0.5) is 5.69 Å². The van der Waals surface area contributed by atoms with Crippen LogP contribution >= 0.6 is 23.2 Å². The number of alkyl halides is 2. The molecule has 0 unspecified atom stereocenters. The van der Waals surface area contributed by atoms with Crippen molar-refractivity contribution >= 4 is 43.2 Å². The summed E-state index contributed by atoms with van der Waals surface area (Å²) in [6, 6.07) is 8.43. The van der Waals surface area contributed by atoms with Crippen molar-refractivity contribution < 1.29 is 9.22 Å². The van der Waals surface area contributed by atoms with Gasteiger partial charge in [-0.15, -0.1) is 23.2 Å². The molecule has 0 heterocycles. The van der Waals surface area contributed by atoms with Crippen LogP contribution < -0.4 is 4.90 Å². The van der Waals surface area contributed by atoms with E-state index in [-0.39, 0.29) is 11.0 Å². The van der Waals surface area contributed by atoms with E-state index in [4.69, 9.17) is 27.6 Å². The third-order valence-electron chi connectivity index (χ3n) is 5.03. The summed E-state index contributed by atoms with van der Waals surface area (Å²) in [7, 11) is -2.01. The summed E-state index contributed by atoms with van der Waals surface area (Å²) >= 11 is 11.7. The van der Waals surface area contributed by atoms with Crippen LogP contribution in [0.25, 0.3) is 0 Å². The monoisotopic (exact) mass is 417 g/mol. The molecule has 1 aromatic carbocycles. The van der Waals surface area contributed by atoms with Crippen LogP contribution in [0.1, 0.15) is 39.2 Å². The van der Waals surface area contributed by atoms with Crippen LogP contribution in [-0.4, -0.2) is 39.1 Å². The maximum atomic E-state index is 12.2. The second-order valence-electron chi connectivity index (χ2n) is 8.12. The summed E-state index contributed by atoms with van der Waals surface area (Å²) in [6.07, 6.45) is 2.15. The minimum atomic E-state index is -2.01. The minimum absolute atomic E-state index is 0.0520. The molecule has 0 fully saturated rings. The van der Waals surface area contributed by atoms with E-state index in [1.807, 2.05) is 0 Å². The van der Waals surface area contributed by atoms with Gasteiger partial charge in [0, 0.05) is 37.0 Å². The Bertz CT molecular complexity index is 550. The summed E-state index contributed by atoms with van der Waals surface area (Å²) < 4.78 is 5.81. The molecule has 1 rings (SSSR count). The second-order valence-corrected chi connectivity index (χ2v) is 13.6. The van der Waals surface area contributed by atoms with Gasteiger partial charge in [-0.1, -0.05) is 32.9 Å². The van der Waals surface area contributed by atoms with Crippen molar-refractivity contribution in [2.24, 2.45) is 0 Å². The molecule has 6 heteroatoms. The van der Waals surface area contributed by atoms with Crippen LogP contribution in [0.3, 0.4) is 0 Å². The van der Waals surface area contributed by atoms with E-state index < -0.39 is 8.32 Å². The van der Waals surface area contributed by atoms with Crippen molar-refractivity contribution in [3.63, 3.8) is 0 Å². The highest BCUT2D eigenvalue weighted by atomic mass is 35.5. The van der Waals surface area contributed by atoms with Crippen LogP contribution in [0.2, 0.25) is 18.1 Å². The zero-order valence-corrected chi connectivity index (χ0v) is 19.3. The average Bonchev–Trinajstić information content (AvgIpc) is 2.54. The largest absolute Gasteiger partial charge is 0.519 e. The Morgan fingerprint density at radius 2 is 1.62 bits per heavy atom. The molecule has 0 aromatic heterocycles. The molecule has 0 saturated heterocycles. The predicted octanol–water partition coefficient (Wildman–Crippen LogP) is 5.84. The first-order valence-electron chi connectivity index (χ1n) is 9.28. The number of nitrogens with zero attached hydrogens (tertiary/aromatic N) is 1. The lowest BCUT2D eigenvalue weighted by molar-refractivity contribution is -0.135. The fourth-order valence-electron chi connectivity index (χ4n) is 2.37. The molecule has 0 aliphatic carbocycles. The molecule has 0 bridgehead atoms. The third kappa shape index (κ3) is 7.49. The Morgan fingerprint density at radius 3 is 2.08 bits per heavy atom. The number of carbonyl (C=O) groups excluding carboxylic acids is 1. The van der Waals surface area contributed by atoms with Gasteiger partial charge in [-0.05, 0) is 48.7 Å². The van der Waals surface area contributed by atoms with E-state index in [9.17, 15) is 4.79 Å². The fraction of sp³-hybridized carbons (Fsp3) is 0.650. The first-order chi connectivity index (χ1) is 12.1. The van der Waals surface area contributed by atoms with Crippen LogP contribution in [-0.2, 0) is 15.6 Å². The number of benzene rings is 1. The Hall–Kier alpha value is -0.713. The molecule has 0 aliphatic heterocycles. The van der Waals surface area contributed by atoms with Crippen molar-refractivity contribution in [3.05, 3.63) is 29.8 Å². The number of carbonyl (C=O) groups is 1. The number of hydrogen-bond acceptors (Lipinski definition) is 3. The summed E-state index contributed by atoms with van der Waals surface area (Å²) in [6.45, 7) is 12.2. The summed E-state index contributed by atoms with van der Waals surface area (Å²) in [5, 5.41) is 0.0520. The van der Waals surface area contributed by atoms with Gasteiger partial charge in [0.2, 0.25) is 0 Å². The Labute approximate surface area is 170 Å². The molecule has 1 aromatic rings. The summed E-state index contributed by atoms with van der Waals surface area (Å²) in [5.74, 6) is 1.09. The lowest BCUT2D eigenvalue weighted by atomic mass is 10.1. The van der Waals surface area contributed by atoms with E-state index in [0.717, 1.165) is 31.6 Å². The molecule has 0 radical (unpaired) electrons. The molecule has 0 aliphatic rings. The van der Waals surface area contributed by atoms with Gasteiger partial charge in [-0.3, -0.25) is 4.79 Å². The predicted molar refractivity (Wildman–Crippen MR) is 116 cm³/mol. The second kappa shape index (κ2) is 10.6. The topological polar surface area (TPSA) is 29.5 Å². The smallest absolute Gasteiger partial charge is 0.292 e. The molecule has 3 nitrogen and oxygen atoms in total. The lowest BCUT2D eigenvalue weighted by Crippen LogP contribution is -2.42. The number of anilines is 1. The van der Waals surface area contributed by atoms with E-state index in [2.05, 4.69) is 63.0 Å². The standard InChI is InChI=1S/C20H33Cl2NO2Si/c1-20(2,3)26(4,5)25-19(24)8-6-7-17-9-11-18(12-10-17)23(15-13-21)16-14-22/h9-12H,6-8,13-16H2,1-5H3. The molecular weight excluding hydrogens is 385 g/mol. The van der Waals surface area contributed by atoms with Gasteiger partial charge in [0.05, 0.1) is 0 Å². The minimum Gasteiger partial charge on any atom is -0.519 e. The number of halogens is 2. The molecule has 0 amide bonds. The van der Waals surface area contributed by atoms with Crippen molar-refractivity contribution in [2.75, 3.05) is 29.7 Å². The van der Waals surface area contributed by atoms with Crippen molar-refractivity contribution in [2.45, 2.75) is 58.2 Å². The maximum Gasteiger partial charge on any atom is 0.292 e. The molecule has 148 valence electrons. The Morgan fingerprint density at radius 1 is 1.08 bits per heavy atom. The van der Waals surface area contributed by atoms with Gasteiger partial charge in [-0.25, -0.2) is 0 Å². The molecule has 0 saturated carbocycles. The number of aryl methyl sites for hydroxylation is 1. The number of hydrogen-bond donors (Lipinski definition) is 0. The van der Waals surface area contributed by atoms with Crippen molar-refractivity contribution in [3.8, 4) is 0 Å². The van der Waals surface area contributed by atoms with Crippen LogP contribution in [0.15, 0.2) is 24.3 Å². The van der Waals surface area contributed by atoms with Gasteiger partial charge < -0.3 is 9.33 Å². The van der Waals surface area contributed by atoms with Gasteiger partial charge in [0.15, 0.2) is 0 Å². The van der Waals surface area contributed by atoms with Crippen LogP contribution in [0, 0.1) is 0 Å². The highest BCUT2D eigenvalue weighted by Gasteiger charge is 2.40. The Kier molecular flexibility index (Phi) is 9.49. The van der Waals surface area contributed by atoms with Crippen LogP contribution in [0.5, 0.6) is 0 Å². The third-order valence-corrected chi connectivity index (χ3v) is 9.72. The van der Waals surface area contributed by atoms with E-state index in [0.29, 0.717) is 18.2 Å². The molecule has 0 spiro atoms. The van der Waals surface area contributed by atoms with Crippen molar-refractivity contribution in [1.82, 2.24) is 0 Å². The maximum absolute atomic E-state index is 12.2. The van der Waals surface area contributed by atoms with E-state index in [1.54, 1.807) is 0 Å². The summed E-state index contributed by atoms with van der Waals surface area (Å²) in [4.78, 5) is 14.3. The van der Waals surface area contributed by atoms with E-state index >= 15 is 0 Å². The zero-order valence-electron chi connectivity index (χ0n) is 16.8. The highest BCUT2D eigenvalue weighted by molar-refractivity contribution is 6.75. The van der Waals surface area contributed by atoms with Gasteiger partial charge >= 0.3 is 0 Å². The van der Waals surface area contributed by atoms with E-state index in [1.165, 1.54) is 5.56 Å². The van der Waals surface area contributed by atoms with Gasteiger partial charge in [0.25, 0.3) is 14.3 Å². The lowest BCUT2D eigenvalue weighted by Gasteiger charge is -2.35. The normalized spacial score (nSPS) is 12.1. The highest BCUT2D eigenvalue weighted by Crippen LogP contribution is 2.36. The first kappa shape index (κ1) is 23.3.